The molecule has 0 aromatic carbocycles. The summed E-state index contributed by atoms with van der Waals surface area (Å²) < 4.78 is 4.91. The third-order valence-corrected chi connectivity index (χ3v) is 3.34. The van der Waals surface area contributed by atoms with Crippen molar-refractivity contribution in [3.63, 3.8) is 0 Å². The fourth-order valence-corrected chi connectivity index (χ4v) is 1.21. The van der Waals surface area contributed by atoms with Gasteiger partial charge in [-0.05, 0) is 22.6 Å². The van der Waals surface area contributed by atoms with E-state index in [1.165, 1.54) is 7.11 Å². The zero-order valence-electron chi connectivity index (χ0n) is 6.34. The minimum Gasteiger partial charge on any atom is -0.463 e. The van der Waals surface area contributed by atoms with Crippen molar-refractivity contribution in [2.24, 2.45) is 0 Å². The van der Waals surface area contributed by atoms with Crippen LogP contribution in [-0.2, 0) is 4.74 Å². The molecule has 0 radical (unpaired) electrons. The highest BCUT2D eigenvalue weighted by atomic mass is 127. The second kappa shape index (κ2) is 4.39. The van der Waals surface area contributed by atoms with Crippen molar-refractivity contribution in [2.75, 3.05) is 7.11 Å². The third kappa shape index (κ3) is 2.41. The Hall–Kier alpha value is -0.140. The van der Waals surface area contributed by atoms with Gasteiger partial charge in [0.2, 0.25) is 5.82 Å². The van der Waals surface area contributed by atoms with Crippen molar-refractivity contribution >= 4 is 51.8 Å². The predicted molar refractivity (Wildman–Crippen MR) is 56.1 cm³/mol. The van der Waals surface area contributed by atoms with Gasteiger partial charge in [-0.2, -0.15) is 0 Å². The number of hydrogen-bond acceptors (Lipinski definition) is 4. The number of esters is 1. The quantitative estimate of drug-likeness (QED) is 0.449. The fraction of sp³-hybridized carbons (Fsp3) is 0.167. The number of carbonyl (C=O) groups excluding carboxylic acids is 1. The molecule has 1 aromatic heterocycles. The molecule has 1 aromatic rings. The average Bonchev–Trinajstić information content (AvgIpc) is 2.12. The van der Waals surface area contributed by atoms with Crippen LogP contribution in [0.4, 0.5) is 0 Å². The van der Waals surface area contributed by atoms with Crippen LogP contribution in [0.5, 0.6) is 0 Å². The summed E-state index contributed by atoms with van der Waals surface area (Å²) in [7, 11) is 1.23. The molecular weight excluding hydrogens is 330 g/mol. The Kier molecular flexibility index (Phi) is 3.69. The first-order valence-electron chi connectivity index (χ1n) is 3.03. The average molecular weight is 333 g/mol. The first-order valence-corrected chi connectivity index (χ1v) is 4.86. The van der Waals surface area contributed by atoms with Crippen LogP contribution in [0.25, 0.3) is 0 Å². The Morgan fingerprint density at radius 1 is 1.38 bits per heavy atom. The van der Waals surface area contributed by atoms with Crippen molar-refractivity contribution in [2.45, 2.75) is 0 Å². The number of hydrogen-bond donors (Lipinski definition) is 0. The van der Waals surface area contributed by atoms with Gasteiger partial charge in [-0.25, -0.2) is 14.8 Å². The molecule has 0 unspecified atom stereocenters. The lowest BCUT2D eigenvalue weighted by Gasteiger charge is -2.00. The van der Waals surface area contributed by atoms with Gasteiger partial charge in [0.15, 0.2) is 0 Å². The Balaban J connectivity index is 3.20. The number of halogens is 3. The Morgan fingerprint density at radius 2 is 1.85 bits per heavy atom. The molecule has 1 heterocycles. The zero-order chi connectivity index (χ0) is 10.0. The van der Waals surface area contributed by atoms with Crippen LogP contribution in [0.1, 0.15) is 10.6 Å². The number of ether oxygens (including phenoxy) is 1. The minimum atomic E-state index is -0.666. The van der Waals surface area contributed by atoms with E-state index in [2.05, 4.69) is 14.7 Å². The van der Waals surface area contributed by atoms with Crippen LogP contribution in [0.3, 0.4) is 0 Å². The first-order chi connectivity index (χ1) is 6.06. The van der Waals surface area contributed by atoms with E-state index in [4.69, 9.17) is 23.2 Å². The summed E-state index contributed by atoms with van der Waals surface area (Å²) in [4.78, 5) is 18.3. The van der Waals surface area contributed by atoms with E-state index in [1.807, 2.05) is 22.6 Å². The molecule has 4 nitrogen and oxygen atoms in total. The lowest BCUT2D eigenvalue weighted by atomic mass is 10.5. The fourth-order valence-electron chi connectivity index (χ4n) is 0.577. The largest absolute Gasteiger partial charge is 0.463 e. The summed E-state index contributed by atoms with van der Waals surface area (Å²) in [6.07, 6.45) is 0. The van der Waals surface area contributed by atoms with Crippen molar-refractivity contribution in [3.8, 4) is 0 Å². The summed E-state index contributed by atoms with van der Waals surface area (Å²) in [5, 5.41) is 0.280. The van der Waals surface area contributed by atoms with Crippen LogP contribution >= 0.6 is 45.8 Å². The highest BCUT2D eigenvalue weighted by Gasteiger charge is 2.14. The molecule has 0 aliphatic carbocycles. The summed E-state index contributed by atoms with van der Waals surface area (Å²) in [6, 6.07) is 0. The lowest BCUT2D eigenvalue weighted by Crippen LogP contribution is -2.08. The summed E-state index contributed by atoms with van der Waals surface area (Å²) in [5.74, 6) is -0.807. The van der Waals surface area contributed by atoms with E-state index in [0.717, 1.165) is 0 Å². The van der Waals surface area contributed by atoms with Gasteiger partial charge in [0, 0.05) is 0 Å². The van der Waals surface area contributed by atoms with E-state index in [-0.39, 0.29) is 16.1 Å². The monoisotopic (exact) mass is 332 g/mol. The highest BCUT2D eigenvalue weighted by molar-refractivity contribution is 14.1. The maximum atomic E-state index is 11.0. The molecule has 0 bridgehead atoms. The molecule has 0 amide bonds. The molecular formula is C6H3Cl2IN2O2. The van der Waals surface area contributed by atoms with Crippen LogP contribution in [0.2, 0.25) is 10.3 Å². The second-order valence-electron chi connectivity index (χ2n) is 1.93. The Bertz CT molecular complexity index is 335. The lowest BCUT2D eigenvalue weighted by molar-refractivity contribution is 0.0586. The normalized spacial score (nSPS) is 9.85. The second-order valence-corrected chi connectivity index (χ2v) is 3.73. The van der Waals surface area contributed by atoms with Gasteiger partial charge in [-0.15, -0.1) is 0 Å². The molecule has 0 saturated heterocycles. The van der Waals surface area contributed by atoms with Crippen LogP contribution in [0.15, 0.2) is 0 Å². The van der Waals surface area contributed by atoms with Crippen molar-refractivity contribution in [3.05, 3.63) is 19.7 Å². The molecule has 0 aliphatic rings. The summed E-state index contributed by atoms with van der Waals surface area (Å²) in [6.45, 7) is 0. The summed E-state index contributed by atoms with van der Waals surface area (Å²) in [5.41, 5.74) is 0. The van der Waals surface area contributed by atoms with Gasteiger partial charge in [-0.3, -0.25) is 0 Å². The Morgan fingerprint density at radius 3 is 2.23 bits per heavy atom. The number of nitrogens with zero attached hydrogens (tertiary/aromatic N) is 2. The van der Waals surface area contributed by atoms with E-state index >= 15 is 0 Å². The van der Waals surface area contributed by atoms with Crippen molar-refractivity contribution < 1.29 is 9.53 Å². The number of methoxy groups -OCH3 is 1. The van der Waals surface area contributed by atoms with E-state index in [1.54, 1.807) is 0 Å². The molecule has 0 aliphatic heterocycles. The minimum absolute atomic E-state index is 0.140. The van der Waals surface area contributed by atoms with Crippen LogP contribution < -0.4 is 0 Å². The van der Waals surface area contributed by atoms with E-state index in [0.29, 0.717) is 3.57 Å². The maximum absolute atomic E-state index is 11.0. The number of carbonyl (C=O) groups is 1. The standard InChI is InChI=1S/C6H3Cl2IN2O2/c1-13-6(12)5-10-3(7)2(9)4(8)11-5/h1H3. The molecule has 7 heteroatoms. The van der Waals surface area contributed by atoms with Crippen molar-refractivity contribution in [1.29, 1.82) is 0 Å². The van der Waals surface area contributed by atoms with Gasteiger partial charge >= 0.3 is 5.97 Å². The molecule has 0 atom stereocenters. The van der Waals surface area contributed by atoms with Gasteiger partial charge in [0.05, 0.1) is 10.7 Å². The van der Waals surface area contributed by atoms with Crippen LogP contribution in [0, 0.1) is 3.57 Å². The molecule has 0 saturated carbocycles. The SMILES string of the molecule is COC(=O)c1nc(Cl)c(I)c(Cl)n1. The topological polar surface area (TPSA) is 52.1 Å². The molecule has 0 fully saturated rings. The smallest absolute Gasteiger partial charge is 0.376 e. The molecule has 0 spiro atoms. The third-order valence-electron chi connectivity index (χ3n) is 1.14. The maximum Gasteiger partial charge on any atom is 0.376 e. The Labute approximate surface area is 97.7 Å². The van der Waals surface area contributed by atoms with Gasteiger partial charge in [0.25, 0.3) is 0 Å². The predicted octanol–water partition coefficient (Wildman–Crippen LogP) is 2.17. The van der Waals surface area contributed by atoms with Gasteiger partial charge in [0.1, 0.15) is 10.3 Å². The van der Waals surface area contributed by atoms with E-state index in [9.17, 15) is 4.79 Å². The molecule has 1 rings (SSSR count). The molecule has 0 N–H and O–H groups in total. The number of aromatic nitrogens is 2. The van der Waals surface area contributed by atoms with Gasteiger partial charge < -0.3 is 4.74 Å². The van der Waals surface area contributed by atoms with E-state index < -0.39 is 5.97 Å². The van der Waals surface area contributed by atoms with Crippen molar-refractivity contribution in [1.82, 2.24) is 9.97 Å². The summed E-state index contributed by atoms with van der Waals surface area (Å²) >= 11 is 13.2. The van der Waals surface area contributed by atoms with Crippen LogP contribution in [-0.4, -0.2) is 23.0 Å². The highest BCUT2D eigenvalue weighted by Crippen LogP contribution is 2.22. The molecule has 13 heavy (non-hydrogen) atoms. The van der Waals surface area contributed by atoms with Gasteiger partial charge in [-0.1, -0.05) is 23.2 Å². The molecule has 70 valence electrons. The zero-order valence-corrected chi connectivity index (χ0v) is 10.0. The number of rotatable bonds is 1. The first kappa shape index (κ1) is 10.9.